The Balaban J connectivity index is 2.04. The third-order valence-electron chi connectivity index (χ3n) is 2.69. The van der Waals surface area contributed by atoms with E-state index in [2.05, 4.69) is 10.3 Å². The molecule has 0 saturated carbocycles. The van der Waals surface area contributed by atoms with Crippen LogP contribution in [0.15, 0.2) is 42.6 Å². The summed E-state index contributed by atoms with van der Waals surface area (Å²) in [6.45, 7) is 0.130. The Morgan fingerprint density at radius 2 is 1.96 bits per heavy atom. The number of amides is 2. The molecule has 23 heavy (non-hydrogen) atoms. The molecule has 0 unspecified atom stereocenters. The Labute approximate surface area is 137 Å². The maximum Gasteiger partial charge on any atom is 0.273 e. The predicted octanol–water partition coefficient (Wildman–Crippen LogP) is 1.19. The zero-order valence-corrected chi connectivity index (χ0v) is 12.7. The SMILES string of the molecule is O=C([O-])NCCNC(=O)c1ncccc1Oc1cccc(Cl)c1. The van der Waals surface area contributed by atoms with Crippen LogP contribution in [-0.4, -0.2) is 30.1 Å². The van der Waals surface area contributed by atoms with Gasteiger partial charge in [-0.25, -0.2) is 4.98 Å². The number of nitrogens with zero attached hydrogens (tertiary/aromatic N) is 1. The smallest absolute Gasteiger partial charge is 0.273 e. The summed E-state index contributed by atoms with van der Waals surface area (Å²) in [4.78, 5) is 26.3. The first-order valence-corrected chi connectivity index (χ1v) is 7.05. The van der Waals surface area contributed by atoms with Gasteiger partial charge < -0.3 is 25.3 Å². The van der Waals surface area contributed by atoms with E-state index in [0.29, 0.717) is 10.8 Å². The third kappa shape index (κ3) is 5.15. The van der Waals surface area contributed by atoms with Crippen molar-refractivity contribution in [3.8, 4) is 11.5 Å². The predicted molar refractivity (Wildman–Crippen MR) is 81.5 cm³/mol. The van der Waals surface area contributed by atoms with Crippen LogP contribution in [0.5, 0.6) is 11.5 Å². The first-order valence-electron chi connectivity index (χ1n) is 6.68. The second-order valence-corrected chi connectivity index (χ2v) is 4.82. The minimum Gasteiger partial charge on any atom is -0.530 e. The van der Waals surface area contributed by atoms with Crippen molar-refractivity contribution in [1.82, 2.24) is 15.6 Å². The first-order chi connectivity index (χ1) is 11.1. The number of hydrogen-bond donors (Lipinski definition) is 2. The van der Waals surface area contributed by atoms with E-state index < -0.39 is 12.0 Å². The van der Waals surface area contributed by atoms with Crippen molar-refractivity contribution < 1.29 is 19.4 Å². The number of benzene rings is 1. The zero-order valence-electron chi connectivity index (χ0n) is 11.9. The molecule has 1 aromatic carbocycles. The normalized spacial score (nSPS) is 9.96. The van der Waals surface area contributed by atoms with Crippen molar-refractivity contribution in [1.29, 1.82) is 0 Å². The maximum absolute atomic E-state index is 12.1. The fourth-order valence-corrected chi connectivity index (χ4v) is 1.91. The average molecular weight is 335 g/mol. The summed E-state index contributed by atoms with van der Waals surface area (Å²) in [5.41, 5.74) is 0.0842. The van der Waals surface area contributed by atoms with Crippen molar-refractivity contribution in [3.05, 3.63) is 53.3 Å². The molecule has 2 aromatic rings. The van der Waals surface area contributed by atoms with Crippen LogP contribution in [0.1, 0.15) is 10.5 Å². The van der Waals surface area contributed by atoms with Gasteiger partial charge in [-0.15, -0.1) is 0 Å². The molecule has 0 aliphatic rings. The number of carboxylic acid groups (broad SMARTS) is 1. The van der Waals surface area contributed by atoms with Gasteiger partial charge in [-0.05, 0) is 30.3 Å². The van der Waals surface area contributed by atoms with Crippen LogP contribution >= 0.6 is 11.6 Å². The van der Waals surface area contributed by atoms with Crippen LogP contribution in [0.2, 0.25) is 5.02 Å². The second-order valence-electron chi connectivity index (χ2n) is 4.38. The van der Waals surface area contributed by atoms with Crippen molar-refractivity contribution in [3.63, 3.8) is 0 Å². The van der Waals surface area contributed by atoms with Crippen LogP contribution in [0.25, 0.3) is 0 Å². The topological polar surface area (TPSA) is 103 Å². The highest BCUT2D eigenvalue weighted by molar-refractivity contribution is 6.30. The molecule has 0 bridgehead atoms. The van der Waals surface area contributed by atoms with E-state index in [0.717, 1.165) is 0 Å². The Morgan fingerprint density at radius 1 is 1.17 bits per heavy atom. The molecular formula is C15H13ClN3O4-. The van der Waals surface area contributed by atoms with Crippen LogP contribution in [-0.2, 0) is 0 Å². The molecule has 0 radical (unpaired) electrons. The summed E-state index contributed by atoms with van der Waals surface area (Å²) in [6, 6.07) is 9.97. The van der Waals surface area contributed by atoms with Gasteiger partial charge in [0.25, 0.3) is 5.91 Å². The number of aromatic nitrogens is 1. The van der Waals surface area contributed by atoms with Crippen molar-refractivity contribution in [2.24, 2.45) is 0 Å². The summed E-state index contributed by atoms with van der Waals surface area (Å²) < 4.78 is 5.63. The molecule has 120 valence electrons. The molecule has 1 heterocycles. The highest BCUT2D eigenvalue weighted by Gasteiger charge is 2.14. The van der Waals surface area contributed by atoms with Gasteiger partial charge in [-0.3, -0.25) is 4.79 Å². The Morgan fingerprint density at radius 3 is 2.70 bits per heavy atom. The van der Waals surface area contributed by atoms with Gasteiger partial charge in [0.05, 0.1) is 0 Å². The summed E-state index contributed by atoms with van der Waals surface area (Å²) in [6.07, 6.45) is 0.0566. The number of halogens is 1. The lowest BCUT2D eigenvalue weighted by molar-refractivity contribution is -0.250. The summed E-state index contributed by atoms with van der Waals surface area (Å²) in [7, 11) is 0. The summed E-state index contributed by atoms with van der Waals surface area (Å²) in [5.74, 6) is 0.251. The van der Waals surface area contributed by atoms with E-state index in [1.54, 1.807) is 36.4 Å². The van der Waals surface area contributed by atoms with E-state index >= 15 is 0 Å². The monoisotopic (exact) mass is 334 g/mol. The minimum absolute atomic E-state index is 0.0331. The Hall–Kier alpha value is -2.80. The molecular weight excluding hydrogens is 322 g/mol. The van der Waals surface area contributed by atoms with E-state index in [4.69, 9.17) is 16.3 Å². The number of hydrogen-bond acceptors (Lipinski definition) is 5. The molecule has 2 amide bonds. The van der Waals surface area contributed by atoms with Crippen molar-refractivity contribution in [2.75, 3.05) is 13.1 Å². The molecule has 0 saturated heterocycles. The molecule has 0 atom stereocenters. The number of ether oxygens (including phenoxy) is 1. The molecule has 0 aliphatic heterocycles. The minimum atomic E-state index is -1.40. The highest BCUT2D eigenvalue weighted by atomic mass is 35.5. The molecule has 1 aromatic heterocycles. The summed E-state index contributed by atoms with van der Waals surface area (Å²) in [5, 5.41) is 15.3. The van der Waals surface area contributed by atoms with Crippen LogP contribution in [0, 0.1) is 0 Å². The fourth-order valence-electron chi connectivity index (χ4n) is 1.73. The number of nitrogens with one attached hydrogen (secondary N) is 2. The van der Waals surface area contributed by atoms with Crippen LogP contribution in [0.4, 0.5) is 4.79 Å². The molecule has 0 spiro atoms. The van der Waals surface area contributed by atoms with Gasteiger partial charge in [0.2, 0.25) is 0 Å². The van der Waals surface area contributed by atoms with Gasteiger partial charge >= 0.3 is 0 Å². The highest BCUT2D eigenvalue weighted by Crippen LogP contribution is 2.25. The van der Waals surface area contributed by atoms with E-state index in [1.807, 2.05) is 5.32 Å². The molecule has 0 aliphatic carbocycles. The lowest BCUT2D eigenvalue weighted by Crippen LogP contribution is -2.41. The van der Waals surface area contributed by atoms with Gasteiger partial charge in [0.1, 0.15) is 11.8 Å². The standard InChI is InChI=1S/C15H14ClN3O4/c16-10-3-1-4-11(9-10)23-12-5-2-6-17-13(12)14(20)18-7-8-19-15(21)22/h1-6,9,19H,7-8H2,(H,18,20)(H,21,22)/p-1. The average Bonchev–Trinajstić information content (AvgIpc) is 2.52. The Bertz CT molecular complexity index is 709. The maximum atomic E-state index is 12.1. The Kier molecular flexibility index (Phi) is 5.76. The fraction of sp³-hybridized carbons (Fsp3) is 0.133. The van der Waals surface area contributed by atoms with Crippen molar-refractivity contribution >= 4 is 23.6 Å². The number of rotatable bonds is 6. The number of carbonyl (C=O) groups is 2. The molecule has 0 fully saturated rings. The molecule has 8 heteroatoms. The molecule has 2 N–H and O–H groups in total. The summed E-state index contributed by atoms with van der Waals surface area (Å²) >= 11 is 5.89. The third-order valence-corrected chi connectivity index (χ3v) is 2.92. The lowest BCUT2D eigenvalue weighted by Gasteiger charge is -2.11. The second kappa shape index (κ2) is 8.00. The van der Waals surface area contributed by atoms with Crippen molar-refractivity contribution in [2.45, 2.75) is 0 Å². The lowest BCUT2D eigenvalue weighted by atomic mass is 10.3. The molecule has 2 rings (SSSR count). The number of carbonyl (C=O) groups excluding carboxylic acids is 2. The quantitative estimate of drug-likeness (QED) is 0.772. The van der Waals surface area contributed by atoms with Gasteiger partial charge in [-0.2, -0.15) is 0 Å². The zero-order chi connectivity index (χ0) is 16.7. The van der Waals surface area contributed by atoms with E-state index in [1.165, 1.54) is 6.20 Å². The largest absolute Gasteiger partial charge is 0.530 e. The number of pyridine rings is 1. The van der Waals surface area contributed by atoms with E-state index in [-0.39, 0.29) is 24.5 Å². The van der Waals surface area contributed by atoms with E-state index in [9.17, 15) is 14.7 Å². The van der Waals surface area contributed by atoms with Crippen LogP contribution in [0.3, 0.4) is 0 Å². The van der Waals surface area contributed by atoms with Gasteiger partial charge in [0.15, 0.2) is 11.4 Å². The molecule has 7 nitrogen and oxygen atoms in total. The first kappa shape index (κ1) is 16.6. The van der Waals surface area contributed by atoms with Gasteiger partial charge in [-0.1, -0.05) is 17.7 Å². The van der Waals surface area contributed by atoms with Gasteiger partial charge in [0, 0.05) is 24.3 Å². The van der Waals surface area contributed by atoms with Crippen LogP contribution < -0.4 is 20.5 Å².